The molecule has 8 nitrogen and oxygen atoms in total. The molecule has 0 unspecified atom stereocenters. The molecule has 0 saturated carbocycles. The van der Waals surface area contributed by atoms with E-state index in [0.717, 1.165) is 5.56 Å². The molecule has 0 aliphatic carbocycles. The van der Waals surface area contributed by atoms with Crippen LogP contribution < -0.4 is 19.7 Å². The highest BCUT2D eigenvalue weighted by Gasteiger charge is 2.25. The lowest BCUT2D eigenvalue weighted by Crippen LogP contribution is -2.49. The van der Waals surface area contributed by atoms with Gasteiger partial charge in [-0.1, -0.05) is 23.7 Å². The molecule has 1 aliphatic rings. The zero-order valence-corrected chi connectivity index (χ0v) is 21.1. The lowest BCUT2D eigenvalue weighted by atomic mass is 10.1. The number of benzene rings is 2. The van der Waals surface area contributed by atoms with E-state index in [1.165, 1.54) is 0 Å². The maximum Gasteiger partial charge on any atom is 0.255 e. The third-order valence-corrected chi connectivity index (χ3v) is 6.35. The topological polar surface area (TPSA) is 84.0 Å². The highest BCUT2D eigenvalue weighted by Crippen LogP contribution is 2.27. The van der Waals surface area contributed by atoms with Crippen molar-refractivity contribution in [3.8, 4) is 11.5 Å². The second-order valence-corrected chi connectivity index (χ2v) is 8.80. The first-order valence-electron chi connectivity index (χ1n) is 11.7. The number of nitrogens with one attached hydrogen (secondary N) is 1. The lowest BCUT2D eigenvalue weighted by Gasteiger charge is -2.36. The average molecular weight is 509 g/mol. The first-order chi connectivity index (χ1) is 17.5. The normalized spacial score (nSPS) is 13.3. The predicted molar refractivity (Wildman–Crippen MR) is 139 cm³/mol. The Morgan fingerprint density at radius 1 is 0.972 bits per heavy atom. The number of aromatic nitrogens is 1. The van der Waals surface area contributed by atoms with Crippen LogP contribution in [0.4, 0.5) is 5.82 Å². The molecule has 2 heterocycles. The van der Waals surface area contributed by atoms with Crippen LogP contribution in [0.3, 0.4) is 0 Å². The van der Waals surface area contributed by atoms with E-state index in [1.807, 2.05) is 23.1 Å². The van der Waals surface area contributed by atoms with E-state index in [-0.39, 0.29) is 11.8 Å². The molecule has 1 fully saturated rings. The Kier molecular flexibility index (Phi) is 8.28. The second kappa shape index (κ2) is 11.8. The summed E-state index contributed by atoms with van der Waals surface area (Å²) >= 11 is 6.04. The van der Waals surface area contributed by atoms with Gasteiger partial charge in [-0.05, 0) is 54.4 Å². The largest absolute Gasteiger partial charge is 0.493 e. The van der Waals surface area contributed by atoms with Crippen LogP contribution in [0.25, 0.3) is 0 Å². The summed E-state index contributed by atoms with van der Waals surface area (Å²) in [6.45, 7) is 2.68. The zero-order chi connectivity index (χ0) is 25.5. The fourth-order valence-electron chi connectivity index (χ4n) is 4.20. The summed E-state index contributed by atoms with van der Waals surface area (Å²) in [4.78, 5) is 34.2. The molecule has 0 atom stereocenters. The summed E-state index contributed by atoms with van der Waals surface area (Å²) in [5, 5.41) is 3.53. The molecule has 3 aromatic rings. The van der Waals surface area contributed by atoms with E-state index < -0.39 is 0 Å². The minimum absolute atomic E-state index is 0.0497. The van der Waals surface area contributed by atoms with Gasteiger partial charge in [0, 0.05) is 49.5 Å². The number of anilines is 1. The van der Waals surface area contributed by atoms with Crippen LogP contribution >= 0.6 is 11.6 Å². The SMILES string of the molecule is COc1ccc(CCNC(=O)c2cccnc2N2CCN(C(=O)c3cccc(Cl)c3)CC2)cc1OC. The smallest absolute Gasteiger partial charge is 0.255 e. The molecule has 2 amide bonds. The maximum absolute atomic E-state index is 13.0. The summed E-state index contributed by atoms with van der Waals surface area (Å²) in [5.74, 6) is 1.71. The number of rotatable bonds is 8. The van der Waals surface area contributed by atoms with Gasteiger partial charge in [0.15, 0.2) is 11.5 Å². The molecule has 2 aromatic carbocycles. The van der Waals surface area contributed by atoms with Gasteiger partial charge in [0.1, 0.15) is 5.82 Å². The van der Waals surface area contributed by atoms with Crippen molar-refractivity contribution in [3.63, 3.8) is 0 Å². The number of carbonyl (C=O) groups is 2. The molecule has 1 N–H and O–H groups in total. The Labute approximate surface area is 215 Å². The van der Waals surface area contributed by atoms with Gasteiger partial charge in [0.25, 0.3) is 11.8 Å². The van der Waals surface area contributed by atoms with Gasteiger partial charge < -0.3 is 24.6 Å². The molecule has 0 spiro atoms. The van der Waals surface area contributed by atoms with Crippen molar-refractivity contribution in [2.45, 2.75) is 6.42 Å². The van der Waals surface area contributed by atoms with Crippen LogP contribution in [0.5, 0.6) is 11.5 Å². The van der Waals surface area contributed by atoms with E-state index in [4.69, 9.17) is 21.1 Å². The first-order valence-corrected chi connectivity index (χ1v) is 12.1. The van der Waals surface area contributed by atoms with Gasteiger partial charge in [-0.15, -0.1) is 0 Å². The van der Waals surface area contributed by atoms with Crippen molar-refractivity contribution in [2.75, 3.05) is 51.8 Å². The van der Waals surface area contributed by atoms with E-state index in [2.05, 4.69) is 10.3 Å². The molecule has 9 heteroatoms. The van der Waals surface area contributed by atoms with Gasteiger partial charge in [-0.2, -0.15) is 0 Å². The highest BCUT2D eigenvalue weighted by atomic mass is 35.5. The molecule has 0 radical (unpaired) electrons. The summed E-state index contributed by atoms with van der Waals surface area (Å²) < 4.78 is 10.6. The highest BCUT2D eigenvalue weighted by molar-refractivity contribution is 6.30. The summed E-state index contributed by atoms with van der Waals surface area (Å²) in [6, 6.07) is 16.2. The van der Waals surface area contributed by atoms with Gasteiger partial charge in [-0.25, -0.2) is 4.98 Å². The lowest BCUT2D eigenvalue weighted by molar-refractivity contribution is 0.0745. The van der Waals surface area contributed by atoms with E-state index in [1.54, 1.807) is 61.7 Å². The quantitative estimate of drug-likeness (QED) is 0.499. The molecule has 188 valence electrons. The monoisotopic (exact) mass is 508 g/mol. The van der Waals surface area contributed by atoms with Crippen molar-refractivity contribution in [1.82, 2.24) is 15.2 Å². The molecular weight excluding hydrogens is 480 g/mol. The number of amides is 2. The van der Waals surface area contributed by atoms with E-state index in [9.17, 15) is 9.59 Å². The minimum atomic E-state index is -0.184. The molecule has 0 bridgehead atoms. The average Bonchev–Trinajstić information content (AvgIpc) is 2.92. The Morgan fingerprint density at radius 3 is 2.47 bits per heavy atom. The van der Waals surface area contributed by atoms with Crippen LogP contribution in [0.2, 0.25) is 5.02 Å². The van der Waals surface area contributed by atoms with Crippen molar-refractivity contribution < 1.29 is 19.1 Å². The van der Waals surface area contributed by atoms with Crippen LogP contribution in [-0.4, -0.2) is 68.6 Å². The third-order valence-electron chi connectivity index (χ3n) is 6.12. The fourth-order valence-corrected chi connectivity index (χ4v) is 4.39. The third kappa shape index (κ3) is 5.88. The Morgan fingerprint density at radius 2 is 1.75 bits per heavy atom. The van der Waals surface area contributed by atoms with Crippen molar-refractivity contribution in [2.24, 2.45) is 0 Å². The van der Waals surface area contributed by atoms with Crippen molar-refractivity contribution in [3.05, 3.63) is 82.5 Å². The molecule has 36 heavy (non-hydrogen) atoms. The number of pyridine rings is 1. The van der Waals surface area contributed by atoms with Crippen LogP contribution in [-0.2, 0) is 6.42 Å². The van der Waals surface area contributed by atoms with Crippen molar-refractivity contribution in [1.29, 1.82) is 0 Å². The van der Waals surface area contributed by atoms with Gasteiger partial charge in [0.2, 0.25) is 0 Å². The Bertz CT molecular complexity index is 1230. The number of hydrogen-bond acceptors (Lipinski definition) is 6. The van der Waals surface area contributed by atoms with Crippen LogP contribution in [0.1, 0.15) is 26.3 Å². The summed E-state index contributed by atoms with van der Waals surface area (Å²) in [5.41, 5.74) is 2.11. The first kappa shape index (κ1) is 25.3. The van der Waals surface area contributed by atoms with Gasteiger partial charge in [-0.3, -0.25) is 9.59 Å². The number of hydrogen-bond donors (Lipinski definition) is 1. The summed E-state index contributed by atoms with van der Waals surface area (Å²) in [7, 11) is 3.20. The van der Waals surface area contributed by atoms with E-state index >= 15 is 0 Å². The minimum Gasteiger partial charge on any atom is -0.493 e. The maximum atomic E-state index is 13.0. The van der Waals surface area contributed by atoms with Crippen molar-refractivity contribution >= 4 is 29.2 Å². The number of carbonyl (C=O) groups excluding carboxylic acids is 2. The molecular formula is C27H29ClN4O4. The van der Waals surface area contributed by atoms with Gasteiger partial charge >= 0.3 is 0 Å². The molecule has 1 aromatic heterocycles. The molecule has 1 saturated heterocycles. The zero-order valence-electron chi connectivity index (χ0n) is 20.4. The number of nitrogens with zero attached hydrogens (tertiary/aromatic N) is 3. The van der Waals surface area contributed by atoms with E-state index in [0.29, 0.717) is 72.6 Å². The Hall–Kier alpha value is -3.78. The second-order valence-electron chi connectivity index (χ2n) is 8.36. The van der Waals surface area contributed by atoms with Gasteiger partial charge in [0.05, 0.1) is 19.8 Å². The molecule has 4 rings (SSSR count). The predicted octanol–water partition coefficient (Wildman–Crippen LogP) is 3.69. The fraction of sp³-hybridized carbons (Fsp3) is 0.296. The van der Waals surface area contributed by atoms with Crippen LogP contribution in [0.15, 0.2) is 60.8 Å². The Balaban J connectivity index is 1.35. The standard InChI is InChI=1S/C27H29ClN4O4/c1-35-23-9-8-19(17-24(23)36-2)10-12-30-26(33)22-7-4-11-29-25(22)31-13-15-32(16-14-31)27(34)20-5-3-6-21(28)18-20/h3-9,11,17-18H,10,12-16H2,1-2H3,(H,30,33). The number of methoxy groups -OCH3 is 2. The summed E-state index contributed by atoms with van der Waals surface area (Å²) in [6.07, 6.45) is 2.32. The number of halogens is 1. The number of ether oxygens (including phenoxy) is 2. The molecule has 1 aliphatic heterocycles. The number of piperazine rings is 1. The van der Waals surface area contributed by atoms with Crippen LogP contribution in [0, 0.1) is 0 Å².